The van der Waals surface area contributed by atoms with Gasteiger partial charge in [-0.2, -0.15) is 0 Å². The highest BCUT2D eigenvalue weighted by molar-refractivity contribution is 6.30. The van der Waals surface area contributed by atoms with Gasteiger partial charge in [0.05, 0.1) is 33.0 Å². The van der Waals surface area contributed by atoms with Gasteiger partial charge in [-0.05, 0) is 51.9 Å². The Morgan fingerprint density at radius 1 is 0.833 bits per heavy atom. The van der Waals surface area contributed by atoms with E-state index in [4.69, 9.17) is 9.97 Å². The first-order valence-corrected chi connectivity index (χ1v) is 13.4. The van der Waals surface area contributed by atoms with Gasteiger partial charge in [-0.25, -0.2) is 9.97 Å². The summed E-state index contributed by atoms with van der Waals surface area (Å²) in [6, 6.07) is 20.7. The van der Waals surface area contributed by atoms with Crippen molar-refractivity contribution in [2.75, 3.05) is 0 Å². The number of hydrogen-bond acceptors (Lipinski definition) is 2. The van der Waals surface area contributed by atoms with Crippen LogP contribution >= 0.6 is 0 Å². The van der Waals surface area contributed by atoms with Crippen molar-refractivity contribution in [2.45, 2.75) is 51.4 Å². The van der Waals surface area contributed by atoms with Crippen molar-refractivity contribution < 1.29 is 0 Å². The van der Waals surface area contributed by atoms with E-state index >= 15 is 0 Å². The van der Waals surface area contributed by atoms with Crippen LogP contribution in [0.5, 0.6) is 0 Å². The molecule has 4 aromatic carbocycles. The van der Waals surface area contributed by atoms with E-state index < -0.39 is 0 Å². The number of benzene rings is 4. The second kappa shape index (κ2) is 6.34. The van der Waals surface area contributed by atoms with Crippen molar-refractivity contribution >= 4 is 59.9 Å². The van der Waals surface area contributed by atoms with Crippen molar-refractivity contribution in [3.05, 3.63) is 77.6 Å². The molecule has 4 heterocycles. The van der Waals surface area contributed by atoms with Crippen molar-refractivity contribution in [3.63, 3.8) is 0 Å². The molecule has 1 aliphatic carbocycles. The average Bonchev–Trinajstić information content (AvgIpc) is 3.53. The minimum absolute atomic E-state index is 0.121. The number of pyridine rings is 1. The molecular formula is C33H27N3. The Morgan fingerprint density at radius 3 is 2.56 bits per heavy atom. The van der Waals surface area contributed by atoms with Gasteiger partial charge in [0.15, 0.2) is 0 Å². The van der Waals surface area contributed by atoms with Crippen molar-refractivity contribution in [3.8, 4) is 0 Å². The molecule has 36 heavy (non-hydrogen) atoms. The van der Waals surface area contributed by atoms with Gasteiger partial charge in [0, 0.05) is 21.6 Å². The maximum Gasteiger partial charge on any atom is 0.116 e. The number of hydrogen-bond donors (Lipinski definition) is 0. The highest BCUT2D eigenvalue weighted by Crippen LogP contribution is 2.52. The third-order valence-corrected chi connectivity index (χ3v) is 9.52. The summed E-state index contributed by atoms with van der Waals surface area (Å²) in [5, 5.41) is 7.93. The number of aromatic nitrogens is 3. The summed E-state index contributed by atoms with van der Waals surface area (Å²) in [6.45, 7) is 4.82. The zero-order valence-corrected chi connectivity index (χ0v) is 20.7. The normalized spacial score (nSPS) is 17.5. The highest BCUT2D eigenvalue weighted by atomic mass is 14.9. The Morgan fingerprint density at radius 2 is 1.67 bits per heavy atom. The predicted octanol–water partition coefficient (Wildman–Crippen LogP) is 8.31. The molecule has 0 saturated heterocycles. The van der Waals surface area contributed by atoms with Crippen LogP contribution in [0.3, 0.4) is 0 Å². The van der Waals surface area contributed by atoms with Gasteiger partial charge < -0.3 is 4.40 Å². The zero-order chi connectivity index (χ0) is 23.8. The summed E-state index contributed by atoms with van der Waals surface area (Å²) in [6.07, 6.45) is 8.38. The lowest BCUT2D eigenvalue weighted by molar-refractivity contribution is 0.549. The minimum Gasteiger partial charge on any atom is -0.307 e. The lowest BCUT2D eigenvalue weighted by atomic mass is 9.73. The molecule has 1 saturated carbocycles. The highest BCUT2D eigenvalue weighted by Gasteiger charge is 2.37. The third kappa shape index (κ3) is 2.13. The van der Waals surface area contributed by atoms with Gasteiger partial charge in [-0.1, -0.05) is 82.0 Å². The van der Waals surface area contributed by atoms with Crippen LogP contribution in [0.1, 0.15) is 56.2 Å². The van der Waals surface area contributed by atoms with E-state index in [-0.39, 0.29) is 5.41 Å². The van der Waals surface area contributed by atoms with E-state index in [1.54, 1.807) is 6.33 Å². The lowest BCUT2D eigenvalue weighted by Crippen LogP contribution is -2.24. The van der Waals surface area contributed by atoms with E-state index in [1.165, 1.54) is 91.2 Å². The van der Waals surface area contributed by atoms with Crippen LogP contribution in [0.4, 0.5) is 0 Å². The van der Waals surface area contributed by atoms with Gasteiger partial charge in [0.1, 0.15) is 6.33 Å². The molecule has 3 nitrogen and oxygen atoms in total. The molecule has 0 spiro atoms. The largest absolute Gasteiger partial charge is 0.307 e. The van der Waals surface area contributed by atoms with E-state index in [0.717, 1.165) is 23.4 Å². The van der Waals surface area contributed by atoms with Crippen LogP contribution < -0.4 is 0 Å². The molecule has 2 aliphatic rings. The van der Waals surface area contributed by atoms with E-state index in [9.17, 15) is 0 Å². The Hall–Kier alpha value is -3.72. The molecule has 9 rings (SSSR count). The summed E-state index contributed by atoms with van der Waals surface area (Å²) >= 11 is 0. The monoisotopic (exact) mass is 465 g/mol. The zero-order valence-electron chi connectivity index (χ0n) is 20.7. The fourth-order valence-electron chi connectivity index (χ4n) is 8.01. The molecular weight excluding hydrogens is 438 g/mol. The molecule has 0 radical (unpaired) electrons. The van der Waals surface area contributed by atoms with Crippen LogP contribution in [-0.4, -0.2) is 14.4 Å². The summed E-state index contributed by atoms with van der Waals surface area (Å²) in [5.74, 6) is 0.782. The first-order chi connectivity index (χ1) is 17.6. The van der Waals surface area contributed by atoms with Crippen molar-refractivity contribution in [2.24, 2.45) is 5.92 Å². The Kier molecular flexibility index (Phi) is 3.43. The molecule has 0 N–H and O–H groups in total. The maximum atomic E-state index is 4.96. The smallest absolute Gasteiger partial charge is 0.116 e. The molecule has 0 bridgehead atoms. The second-order valence-electron chi connectivity index (χ2n) is 11.8. The maximum absolute atomic E-state index is 4.96. The number of nitrogens with zero attached hydrogens (tertiary/aromatic N) is 3. The average molecular weight is 466 g/mol. The van der Waals surface area contributed by atoms with Crippen LogP contribution in [-0.2, 0) is 11.8 Å². The molecule has 1 aliphatic heterocycles. The quantitative estimate of drug-likeness (QED) is 0.190. The molecule has 3 heteroatoms. The van der Waals surface area contributed by atoms with Crippen molar-refractivity contribution in [1.29, 1.82) is 0 Å². The topological polar surface area (TPSA) is 30.2 Å². The Labute approximate surface area is 209 Å². The predicted molar refractivity (Wildman–Crippen MR) is 149 cm³/mol. The van der Waals surface area contributed by atoms with E-state index in [0.29, 0.717) is 0 Å². The first-order valence-electron chi connectivity index (χ1n) is 13.4. The van der Waals surface area contributed by atoms with Crippen LogP contribution in [0.2, 0.25) is 0 Å². The SMILES string of the molecule is CC1(C)c2c3ccccc3cc3c4ncnc5cc(CC6CCCC6)c6c7cccc1c7n(c23)c6c54. The van der Waals surface area contributed by atoms with Crippen LogP contribution in [0.25, 0.3) is 59.9 Å². The standard InChI is InChI=1S/C33H27N3/c1-33(2)24-13-7-12-22-26-20(14-18-8-3-4-9-18)16-25-27-29(35-17-34-25)23-15-19-10-5-6-11-21(19)28(33)31(23)36(30(22)24)32(26)27/h5-7,10-13,15-18H,3-4,8-9,14H2,1-2H3. The second-order valence-corrected chi connectivity index (χ2v) is 11.8. The molecule has 174 valence electrons. The molecule has 0 atom stereocenters. The van der Waals surface area contributed by atoms with Gasteiger partial charge in [-0.3, -0.25) is 0 Å². The number of para-hydroxylation sites is 1. The molecule has 0 amide bonds. The fourth-order valence-corrected chi connectivity index (χ4v) is 8.01. The molecule has 0 unspecified atom stereocenters. The summed E-state index contributed by atoms with van der Waals surface area (Å²) in [7, 11) is 0. The summed E-state index contributed by atoms with van der Waals surface area (Å²) < 4.78 is 2.61. The third-order valence-electron chi connectivity index (χ3n) is 9.52. The van der Waals surface area contributed by atoms with Gasteiger partial charge in [0.25, 0.3) is 0 Å². The molecule has 3 aromatic heterocycles. The van der Waals surface area contributed by atoms with Gasteiger partial charge in [-0.15, -0.1) is 0 Å². The fraction of sp³-hybridized carbons (Fsp3) is 0.273. The molecule has 1 fully saturated rings. The van der Waals surface area contributed by atoms with E-state index in [2.05, 4.69) is 72.8 Å². The summed E-state index contributed by atoms with van der Waals surface area (Å²) in [5.41, 5.74) is 10.4. The van der Waals surface area contributed by atoms with Gasteiger partial charge in [0.2, 0.25) is 0 Å². The Bertz CT molecular complexity index is 2050. The van der Waals surface area contributed by atoms with Crippen LogP contribution in [0, 0.1) is 5.92 Å². The first kappa shape index (κ1) is 19.5. The Balaban J connectivity index is 1.63. The van der Waals surface area contributed by atoms with Gasteiger partial charge >= 0.3 is 0 Å². The number of rotatable bonds is 2. The minimum atomic E-state index is -0.121. The molecule has 7 aromatic rings. The van der Waals surface area contributed by atoms with Crippen LogP contribution in [0.15, 0.2) is 60.9 Å². The van der Waals surface area contributed by atoms with E-state index in [1.807, 2.05) is 0 Å². The lowest BCUT2D eigenvalue weighted by Gasteiger charge is -2.34. The summed E-state index contributed by atoms with van der Waals surface area (Å²) in [4.78, 5) is 9.81. The number of fused-ring (bicyclic) bond motifs is 4. The van der Waals surface area contributed by atoms with Crippen molar-refractivity contribution in [1.82, 2.24) is 14.4 Å².